The van der Waals surface area contributed by atoms with Gasteiger partial charge in [-0.1, -0.05) is 117 Å². The molecule has 0 aliphatic rings. The molecule has 0 aromatic rings. The number of carbonyl (C=O) groups is 3. The highest BCUT2D eigenvalue weighted by atomic mass is 16.5. The van der Waals surface area contributed by atoms with Crippen LogP contribution in [0.5, 0.6) is 0 Å². The zero-order valence-corrected chi connectivity index (χ0v) is 34.2. The van der Waals surface area contributed by atoms with E-state index in [9.17, 15) is 14.4 Å². The molecule has 1 amide bonds. The average molecular weight is 728 g/mol. The van der Waals surface area contributed by atoms with Crippen LogP contribution in [0.15, 0.2) is 0 Å². The normalized spacial score (nSPS) is 12.2. The monoisotopic (exact) mass is 728 g/mol. The van der Waals surface area contributed by atoms with Crippen molar-refractivity contribution in [3.8, 4) is 0 Å². The summed E-state index contributed by atoms with van der Waals surface area (Å²) in [4.78, 5) is 37.9. The van der Waals surface area contributed by atoms with E-state index >= 15 is 0 Å². The molecular weight excluding hydrogens is 644 g/mol. The fourth-order valence-corrected chi connectivity index (χ4v) is 5.91. The number of likely N-dealkylation sites (N-methyl/N-ethyl adjacent to an activating group) is 1. The Morgan fingerprint density at radius 1 is 0.490 bits per heavy atom. The summed E-state index contributed by atoms with van der Waals surface area (Å²) in [6.45, 7) is 8.66. The average Bonchev–Trinajstić information content (AvgIpc) is 3.08. The van der Waals surface area contributed by atoms with E-state index < -0.39 is 12.0 Å². The predicted molar refractivity (Wildman–Crippen MR) is 210 cm³/mol. The lowest BCUT2D eigenvalue weighted by molar-refractivity contribution is -0.862. The highest BCUT2D eigenvalue weighted by molar-refractivity contribution is 5.85. The van der Waals surface area contributed by atoms with Gasteiger partial charge in [0.2, 0.25) is 0 Å². The van der Waals surface area contributed by atoms with Crippen LogP contribution in [0.25, 0.3) is 0 Å². The first-order chi connectivity index (χ1) is 24.7. The molecule has 0 fully saturated rings. The first-order valence-corrected chi connectivity index (χ1v) is 21.3. The van der Waals surface area contributed by atoms with Gasteiger partial charge in [0, 0.05) is 32.8 Å². The van der Waals surface area contributed by atoms with Gasteiger partial charge in [-0.05, 0) is 57.8 Å². The van der Waals surface area contributed by atoms with Crippen LogP contribution in [0, 0.1) is 0 Å². The van der Waals surface area contributed by atoms with Gasteiger partial charge in [0.05, 0.1) is 34.4 Å². The van der Waals surface area contributed by atoms with Gasteiger partial charge in [-0.15, -0.1) is 0 Å². The Balaban J connectivity index is 4.04. The molecule has 0 bridgehead atoms. The molecule has 51 heavy (non-hydrogen) atoms. The van der Waals surface area contributed by atoms with Crippen molar-refractivity contribution in [3.63, 3.8) is 0 Å². The number of carbonyl (C=O) groups excluding carboxylic acids is 3. The highest BCUT2D eigenvalue weighted by Crippen LogP contribution is 2.11. The van der Waals surface area contributed by atoms with E-state index in [1.54, 1.807) is 0 Å². The van der Waals surface area contributed by atoms with Gasteiger partial charge in [-0.3, -0.25) is 9.59 Å². The molecule has 0 heterocycles. The number of esters is 2. The number of nitrogens with one attached hydrogen (secondary N) is 1. The molecule has 0 saturated carbocycles. The minimum Gasteiger partial charge on any atom is -0.466 e. The molecule has 9 heteroatoms. The van der Waals surface area contributed by atoms with E-state index in [1.807, 2.05) is 21.1 Å². The fourth-order valence-electron chi connectivity index (χ4n) is 5.91. The molecule has 0 aliphatic heterocycles. The summed E-state index contributed by atoms with van der Waals surface area (Å²) < 4.78 is 22.9. The quantitative estimate of drug-likeness (QED) is 0.0383. The van der Waals surface area contributed by atoms with E-state index in [0.717, 1.165) is 90.6 Å². The van der Waals surface area contributed by atoms with Crippen molar-refractivity contribution in [1.82, 2.24) is 5.32 Å². The Labute approximate surface area is 314 Å². The maximum atomic E-state index is 12.9. The summed E-state index contributed by atoms with van der Waals surface area (Å²) in [5.74, 6) is -1.09. The van der Waals surface area contributed by atoms with Crippen LogP contribution in [0.2, 0.25) is 0 Å². The standard InChI is InChI=1S/C42H82N2O7/c1-6-8-10-12-14-16-18-24-32-48-34-26-20-22-28-36-50-41(46)31-30-39(43-40(45)38-44(3,4)5)42(47)51-37-29-23-21-27-35-49-33-25-19-17-15-13-11-9-7-2/h39H,6-38H2,1-5H3/p+1. The second kappa shape index (κ2) is 36.6. The van der Waals surface area contributed by atoms with Gasteiger partial charge >= 0.3 is 11.9 Å². The third-order valence-electron chi connectivity index (χ3n) is 9.03. The molecule has 0 radical (unpaired) electrons. The summed E-state index contributed by atoms with van der Waals surface area (Å²) in [5.41, 5.74) is 0. The number of hydrogen-bond acceptors (Lipinski definition) is 7. The molecule has 0 aromatic carbocycles. The SMILES string of the molecule is CCCCCCCCCCOCCCCCCOC(=O)CCC(NC(=O)C[N+](C)(C)C)C(=O)OCCCCCCOCCCCCCCCCC. The minimum atomic E-state index is -0.868. The first-order valence-electron chi connectivity index (χ1n) is 21.3. The largest absolute Gasteiger partial charge is 0.466 e. The molecule has 0 aliphatic carbocycles. The van der Waals surface area contributed by atoms with E-state index in [4.69, 9.17) is 18.9 Å². The predicted octanol–water partition coefficient (Wildman–Crippen LogP) is 9.48. The zero-order chi connectivity index (χ0) is 37.7. The van der Waals surface area contributed by atoms with Crippen LogP contribution < -0.4 is 5.32 Å². The van der Waals surface area contributed by atoms with Crippen LogP contribution >= 0.6 is 0 Å². The topological polar surface area (TPSA) is 100 Å². The third-order valence-corrected chi connectivity index (χ3v) is 9.03. The Morgan fingerprint density at radius 3 is 1.24 bits per heavy atom. The van der Waals surface area contributed by atoms with Gasteiger partial charge in [0.1, 0.15) is 6.04 Å². The van der Waals surface area contributed by atoms with E-state index in [2.05, 4.69) is 19.2 Å². The van der Waals surface area contributed by atoms with Gasteiger partial charge in [0.15, 0.2) is 6.54 Å². The first kappa shape index (κ1) is 49.3. The Kier molecular flexibility index (Phi) is 35.4. The molecule has 1 atom stereocenters. The van der Waals surface area contributed by atoms with Crippen molar-refractivity contribution >= 4 is 17.8 Å². The molecule has 9 nitrogen and oxygen atoms in total. The Morgan fingerprint density at radius 2 is 0.843 bits per heavy atom. The summed E-state index contributed by atoms with van der Waals surface area (Å²) in [5, 5.41) is 2.79. The molecule has 0 spiro atoms. The molecular formula is C42H83N2O7+. The third kappa shape index (κ3) is 37.8. The second-order valence-corrected chi connectivity index (χ2v) is 15.5. The molecule has 0 saturated heterocycles. The maximum absolute atomic E-state index is 12.9. The lowest BCUT2D eigenvalue weighted by atomic mass is 10.1. The summed E-state index contributed by atoms with van der Waals surface area (Å²) in [6, 6.07) is -0.868. The second-order valence-electron chi connectivity index (χ2n) is 15.5. The number of nitrogens with zero attached hydrogens (tertiary/aromatic N) is 1. The Bertz CT molecular complexity index is 803. The summed E-state index contributed by atoms with van der Waals surface area (Å²) >= 11 is 0. The smallest absolute Gasteiger partial charge is 0.328 e. The lowest BCUT2D eigenvalue weighted by Gasteiger charge is -2.24. The molecule has 0 aromatic heterocycles. The van der Waals surface area contributed by atoms with Gasteiger partial charge in [-0.25, -0.2) is 4.79 Å². The van der Waals surface area contributed by atoms with Crippen molar-refractivity contribution < 1.29 is 37.8 Å². The number of hydrogen-bond donors (Lipinski definition) is 1. The number of rotatable bonds is 39. The van der Waals surface area contributed by atoms with Crippen molar-refractivity contribution in [2.75, 3.05) is 67.3 Å². The van der Waals surface area contributed by atoms with Gasteiger partial charge in [-0.2, -0.15) is 0 Å². The maximum Gasteiger partial charge on any atom is 0.328 e. The minimum absolute atomic E-state index is 0.0515. The summed E-state index contributed by atoms with van der Waals surface area (Å²) in [7, 11) is 5.74. The van der Waals surface area contributed by atoms with Crippen molar-refractivity contribution in [1.29, 1.82) is 0 Å². The molecule has 1 unspecified atom stereocenters. The van der Waals surface area contributed by atoms with E-state index in [0.29, 0.717) is 17.7 Å². The van der Waals surface area contributed by atoms with Crippen LogP contribution in [-0.4, -0.2) is 95.7 Å². The number of unbranched alkanes of at least 4 members (excludes halogenated alkanes) is 20. The van der Waals surface area contributed by atoms with Crippen LogP contribution in [-0.2, 0) is 33.3 Å². The van der Waals surface area contributed by atoms with E-state index in [1.165, 1.54) is 89.9 Å². The highest BCUT2D eigenvalue weighted by Gasteiger charge is 2.26. The molecule has 0 rings (SSSR count). The summed E-state index contributed by atoms with van der Waals surface area (Å²) in [6.07, 6.45) is 28.7. The van der Waals surface area contributed by atoms with Gasteiger partial charge in [0.25, 0.3) is 5.91 Å². The van der Waals surface area contributed by atoms with Crippen LogP contribution in [0.1, 0.15) is 181 Å². The number of ether oxygens (including phenoxy) is 4. The number of quaternary nitrogens is 1. The lowest BCUT2D eigenvalue weighted by Crippen LogP contribution is -2.49. The van der Waals surface area contributed by atoms with Crippen LogP contribution in [0.4, 0.5) is 0 Å². The van der Waals surface area contributed by atoms with Crippen molar-refractivity contribution in [2.45, 2.75) is 187 Å². The van der Waals surface area contributed by atoms with Crippen LogP contribution in [0.3, 0.4) is 0 Å². The zero-order valence-electron chi connectivity index (χ0n) is 34.2. The molecule has 302 valence electrons. The Hall–Kier alpha value is -1.71. The molecule has 1 N–H and O–H groups in total. The van der Waals surface area contributed by atoms with E-state index in [-0.39, 0.29) is 31.3 Å². The fraction of sp³-hybridized carbons (Fsp3) is 0.929. The van der Waals surface area contributed by atoms with Crippen molar-refractivity contribution in [2.24, 2.45) is 0 Å². The number of amides is 1. The van der Waals surface area contributed by atoms with Crippen molar-refractivity contribution in [3.05, 3.63) is 0 Å². The van der Waals surface area contributed by atoms with Gasteiger partial charge < -0.3 is 28.7 Å².